The van der Waals surface area contributed by atoms with E-state index in [4.69, 9.17) is 9.57 Å². The van der Waals surface area contributed by atoms with Crippen LogP contribution in [0.3, 0.4) is 0 Å². The highest BCUT2D eigenvalue weighted by molar-refractivity contribution is 8.00. The zero-order valence-electron chi connectivity index (χ0n) is 35.6. The molecule has 0 fully saturated rings. The second-order valence-corrected chi connectivity index (χ2v) is 19.6. The number of alkyl carbamates (subject to hydrolysis) is 1. The third-order valence-electron chi connectivity index (χ3n) is 10.2. The molecule has 4 atom stereocenters. The van der Waals surface area contributed by atoms with E-state index in [2.05, 4.69) is 47.0 Å². The molecule has 2 amide bonds. The molecule has 2 unspecified atom stereocenters. The minimum Gasteiger partial charge on any atom is -0.480 e. The normalized spacial score (nSPS) is 14.0. The fourth-order valence-electron chi connectivity index (χ4n) is 6.79. The molecular formula is C47H61N3O8S2. The second-order valence-electron chi connectivity index (χ2n) is 16.1. The van der Waals surface area contributed by atoms with E-state index in [9.17, 15) is 27.9 Å². The summed E-state index contributed by atoms with van der Waals surface area (Å²) >= 11 is 1.69. The van der Waals surface area contributed by atoms with Crippen LogP contribution in [-0.4, -0.2) is 91.2 Å². The largest absolute Gasteiger partial charge is 0.480 e. The van der Waals surface area contributed by atoms with E-state index in [1.54, 1.807) is 11.8 Å². The quantitative estimate of drug-likeness (QED) is 0.0496. The van der Waals surface area contributed by atoms with Crippen LogP contribution in [0.25, 0.3) is 0 Å². The van der Waals surface area contributed by atoms with Gasteiger partial charge < -0.3 is 20.5 Å². The molecule has 0 aliphatic heterocycles. The van der Waals surface area contributed by atoms with Crippen molar-refractivity contribution in [2.75, 3.05) is 30.9 Å². The van der Waals surface area contributed by atoms with Gasteiger partial charge in [-0.3, -0.25) is 9.63 Å². The van der Waals surface area contributed by atoms with Gasteiger partial charge in [-0.15, -0.1) is 11.8 Å². The number of aliphatic carboxylic acids is 1. The molecule has 0 saturated carbocycles. The number of aryl methyl sites for hydroxylation is 1. The molecule has 0 bridgehead atoms. The number of ether oxygens (including phenoxy) is 1. The lowest BCUT2D eigenvalue weighted by Gasteiger charge is -2.37. The van der Waals surface area contributed by atoms with Crippen LogP contribution in [0.2, 0.25) is 0 Å². The molecule has 0 aliphatic rings. The summed E-state index contributed by atoms with van der Waals surface area (Å²) < 4.78 is 29.3. The monoisotopic (exact) mass is 859 g/mol. The average Bonchev–Trinajstić information content (AvgIpc) is 3.22. The molecule has 324 valence electrons. The van der Waals surface area contributed by atoms with Crippen molar-refractivity contribution in [2.45, 2.75) is 88.8 Å². The number of carboxylic acids is 1. The number of carboxylic acid groups (broad SMARTS) is 1. The summed E-state index contributed by atoms with van der Waals surface area (Å²) in [4.78, 5) is 46.0. The fraction of sp³-hybridized carbons (Fsp3) is 0.426. The van der Waals surface area contributed by atoms with Crippen LogP contribution >= 0.6 is 11.8 Å². The first-order valence-electron chi connectivity index (χ1n) is 20.4. The molecule has 0 aliphatic carbocycles. The fourth-order valence-corrected chi connectivity index (χ4v) is 9.00. The van der Waals surface area contributed by atoms with E-state index in [1.165, 1.54) is 0 Å². The smallest absolute Gasteiger partial charge is 0.407 e. The lowest BCUT2D eigenvalue weighted by atomic mass is 9.84. The maximum absolute atomic E-state index is 13.8. The van der Waals surface area contributed by atoms with Gasteiger partial charge in [0.25, 0.3) is 0 Å². The molecular weight excluding hydrogens is 799 g/mol. The van der Waals surface area contributed by atoms with Crippen molar-refractivity contribution >= 4 is 39.6 Å². The molecule has 0 radical (unpaired) electrons. The van der Waals surface area contributed by atoms with Gasteiger partial charge in [0.15, 0.2) is 6.04 Å². The molecule has 4 aromatic carbocycles. The Morgan fingerprint density at radius 3 is 1.77 bits per heavy atom. The Morgan fingerprint density at radius 1 is 0.817 bits per heavy atom. The van der Waals surface area contributed by atoms with Gasteiger partial charge in [-0.1, -0.05) is 142 Å². The number of hydrogen-bond acceptors (Lipinski definition) is 9. The second kappa shape index (κ2) is 22.8. The van der Waals surface area contributed by atoms with Crippen molar-refractivity contribution < 1.29 is 37.5 Å². The molecule has 3 N–H and O–H groups in total. The number of thioether (sulfide) groups is 1. The maximum atomic E-state index is 13.8. The number of rotatable bonds is 23. The Balaban J connectivity index is 1.64. The summed E-state index contributed by atoms with van der Waals surface area (Å²) in [6.45, 7) is 9.65. The summed E-state index contributed by atoms with van der Waals surface area (Å²) in [5.74, 6) is -1.94. The van der Waals surface area contributed by atoms with E-state index in [-0.39, 0.29) is 31.9 Å². The van der Waals surface area contributed by atoms with Gasteiger partial charge in [-0.05, 0) is 61.8 Å². The molecule has 0 spiro atoms. The first-order valence-corrected chi connectivity index (χ1v) is 23.5. The molecule has 60 heavy (non-hydrogen) atoms. The minimum absolute atomic E-state index is 0.0163. The van der Waals surface area contributed by atoms with E-state index in [0.717, 1.165) is 40.0 Å². The van der Waals surface area contributed by atoms with Crippen LogP contribution in [0.15, 0.2) is 121 Å². The third-order valence-corrected chi connectivity index (χ3v) is 12.8. The highest BCUT2D eigenvalue weighted by Gasteiger charge is 2.38. The molecule has 13 heteroatoms. The van der Waals surface area contributed by atoms with Gasteiger partial charge in [0.2, 0.25) is 5.91 Å². The summed E-state index contributed by atoms with van der Waals surface area (Å²) in [6.07, 6.45) is 1.15. The first-order chi connectivity index (χ1) is 28.5. The molecule has 0 saturated heterocycles. The number of nitrogens with zero attached hydrogens (tertiary/aromatic N) is 1. The number of carbonyl (C=O) groups is 3. The number of carbonyl (C=O) groups excluding carboxylic acids is 2. The van der Waals surface area contributed by atoms with Crippen LogP contribution in [0.1, 0.15) is 76.1 Å². The van der Waals surface area contributed by atoms with Crippen LogP contribution < -0.4 is 10.6 Å². The summed E-state index contributed by atoms with van der Waals surface area (Å²) in [6, 6.07) is 37.8. The number of hydroxylamine groups is 2. The molecule has 0 heterocycles. The Morgan fingerprint density at radius 2 is 1.32 bits per heavy atom. The summed E-state index contributed by atoms with van der Waals surface area (Å²) in [7, 11) is -3.54. The zero-order valence-corrected chi connectivity index (χ0v) is 37.2. The van der Waals surface area contributed by atoms with E-state index in [1.807, 2.05) is 120 Å². The number of benzene rings is 4. The predicted octanol–water partition coefficient (Wildman–Crippen LogP) is 7.89. The lowest BCUT2D eigenvalue weighted by molar-refractivity contribution is -0.210. The van der Waals surface area contributed by atoms with E-state index < -0.39 is 62.0 Å². The molecule has 0 aromatic heterocycles. The molecule has 4 aromatic rings. The van der Waals surface area contributed by atoms with Crippen molar-refractivity contribution in [3.8, 4) is 0 Å². The molecule has 4 rings (SSSR count). The van der Waals surface area contributed by atoms with Crippen molar-refractivity contribution in [1.29, 1.82) is 0 Å². The number of nitrogens with one attached hydrogen (secondary N) is 2. The van der Waals surface area contributed by atoms with Crippen LogP contribution in [0, 0.1) is 5.92 Å². The van der Waals surface area contributed by atoms with Crippen molar-refractivity contribution in [3.63, 3.8) is 0 Å². The van der Waals surface area contributed by atoms with Crippen molar-refractivity contribution in [1.82, 2.24) is 15.7 Å². The van der Waals surface area contributed by atoms with Crippen LogP contribution in [-0.2, 0) is 40.2 Å². The SMILES string of the molecule is CC[C@H](C)C(CON(C(=O)CCc1ccccc1)[C@H](CCS(C)(=O)=O)C(=O)O)NCC(CSC(c1ccccc1)(c1ccccc1)c1ccccc1)NC(=O)OC(C)(C)C. The Hall–Kier alpha value is -4.69. The Labute approximate surface area is 360 Å². The van der Waals surface area contributed by atoms with Gasteiger partial charge in [0, 0.05) is 31.0 Å². The van der Waals surface area contributed by atoms with Crippen LogP contribution in [0.4, 0.5) is 4.79 Å². The van der Waals surface area contributed by atoms with Gasteiger partial charge in [0.05, 0.1) is 23.1 Å². The van der Waals surface area contributed by atoms with Gasteiger partial charge >= 0.3 is 12.1 Å². The maximum Gasteiger partial charge on any atom is 0.407 e. The number of sulfone groups is 1. The van der Waals surface area contributed by atoms with E-state index >= 15 is 0 Å². The van der Waals surface area contributed by atoms with Gasteiger partial charge in [0.1, 0.15) is 15.4 Å². The number of hydrogen-bond donors (Lipinski definition) is 3. The Kier molecular flexibility index (Phi) is 18.2. The minimum atomic E-state index is -3.54. The summed E-state index contributed by atoms with van der Waals surface area (Å²) in [5, 5.41) is 17.8. The lowest BCUT2D eigenvalue weighted by Crippen LogP contribution is -2.52. The topological polar surface area (TPSA) is 151 Å². The number of amides is 2. The van der Waals surface area contributed by atoms with Crippen molar-refractivity contribution in [3.05, 3.63) is 144 Å². The van der Waals surface area contributed by atoms with Crippen molar-refractivity contribution in [2.24, 2.45) is 5.92 Å². The first kappa shape index (κ1) is 48.0. The third kappa shape index (κ3) is 14.8. The van der Waals surface area contributed by atoms with Crippen LogP contribution in [0.5, 0.6) is 0 Å². The highest BCUT2D eigenvalue weighted by Crippen LogP contribution is 2.48. The molecule has 11 nitrogen and oxygen atoms in total. The summed E-state index contributed by atoms with van der Waals surface area (Å²) in [5.41, 5.74) is 3.37. The average molecular weight is 860 g/mol. The zero-order chi connectivity index (χ0) is 43.8. The predicted molar refractivity (Wildman–Crippen MR) is 239 cm³/mol. The van der Waals surface area contributed by atoms with E-state index in [0.29, 0.717) is 12.2 Å². The van der Waals surface area contributed by atoms with Gasteiger partial charge in [-0.2, -0.15) is 0 Å². The highest BCUT2D eigenvalue weighted by atomic mass is 32.2. The Bertz CT molecular complexity index is 1940. The van der Waals surface area contributed by atoms with Gasteiger partial charge in [-0.25, -0.2) is 23.1 Å². The standard InChI is InChI=1S/C47H61N3O8S2/c1-7-35(2)41(33-57-50(42(44(52)53)30-31-60(6,55)56)43(51)29-28-36-20-12-8-13-21-36)48-32-40(49-45(54)58-46(3,4)5)34-59-47(37-22-14-9-15-23-37,38-24-16-10-17-25-38)39-26-18-11-19-27-39/h8-27,35,40-42,48H,7,28-34H2,1-6H3,(H,49,54)(H,52,53)/t35-,40?,41?,42+/m0/s1.